The van der Waals surface area contributed by atoms with Crippen LogP contribution in [0.3, 0.4) is 0 Å². The highest BCUT2D eigenvalue weighted by atomic mass is 35.5. The average molecular weight is 573 g/mol. The van der Waals surface area contributed by atoms with E-state index in [2.05, 4.69) is 13.2 Å². The molecule has 1 aromatic carbocycles. The van der Waals surface area contributed by atoms with E-state index < -0.39 is 41.1 Å². The topological polar surface area (TPSA) is 96.4 Å². The number of aliphatic hydroxyl groups excluding tert-OH is 1. The van der Waals surface area contributed by atoms with Crippen molar-refractivity contribution in [1.82, 2.24) is 4.90 Å². The molecule has 4 rings (SSSR count). The number of carbonyl (C=O) groups excluding carboxylic acids is 3. The Hall–Kier alpha value is -2.68. The fourth-order valence-corrected chi connectivity index (χ4v) is 7.29. The molecule has 2 amide bonds. The molecule has 7 atom stereocenters. The standard InChI is InChI=1S/C31H41ClN2O6/c1-6-10-18-39-29(38)25-24-27(36)34(23(19-35)20(5)8-3)26(31(24)16-15-30(25,9-4)40-31)28(37)33(17-7-2)22-14-12-11-13-21(22)32/h6-7,11-14,20,23-26,35H,1-2,8-10,15-19H2,3-5H3/t20-,23-,24-,25-,26?,30+,31?/m0/s1. The molecular formula is C31H41ClN2O6. The Kier molecular flexibility index (Phi) is 9.12. The average Bonchev–Trinajstić information content (AvgIpc) is 3.56. The number of likely N-dealkylation sites (tertiary alicyclic amines) is 1. The number of para-hydroxylation sites is 1. The van der Waals surface area contributed by atoms with Gasteiger partial charge in [0.2, 0.25) is 5.91 Å². The van der Waals surface area contributed by atoms with Gasteiger partial charge in [0.1, 0.15) is 17.6 Å². The van der Waals surface area contributed by atoms with E-state index in [1.54, 1.807) is 36.4 Å². The molecule has 3 aliphatic heterocycles. The number of hydrogen-bond acceptors (Lipinski definition) is 6. The molecule has 218 valence electrons. The van der Waals surface area contributed by atoms with E-state index in [1.165, 1.54) is 9.80 Å². The van der Waals surface area contributed by atoms with Crippen molar-refractivity contribution >= 4 is 35.1 Å². The predicted octanol–water partition coefficient (Wildman–Crippen LogP) is 4.54. The molecule has 3 heterocycles. The van der Waals surface area contributed by atoms with Gasteiger partial charge in [0.25, 0.3) is 5.91 Å². The number of aliphatic hydroxyl groups is 1. The van der Waals surface area contributed by atoms with Gasteiger partial charge in [0, 0.05) is 6.54 Å². The minimum absolute atomic E-state index is 0.108. The van der Waals surface area contributed by atoms with Gasteiger partial charge in [-0.3, -0.25) is 14.4 Å². The Morgan fingerprint density at radius 3 is 2.60 bits per heavy atom. The van der Waals surface area contributed by atoms with Crippen LogP contribution in [0.25, 0.3) is 0 Å². The molecule has 2 unspecified atom stereocenters. The van der Waals surface area contributed by atoms with Gasteiger partial charge in [-0.05, 0) is 43.7 Å². The lowest BCUT2D eigenvalue weighted by atomic mass is 9.65. The van der Waals surface area contributed by atoms with E-state index in [-0.39, 0.29) is 37.5 Å². The number of ether oxygens (including phenoxy) is 2. The minimum atomic E-state index is -1.24. The summed E-state index contributed by atoms with van der Waals surface area (Å²) in [6, 6.07) is 5.32. The zero-order valence-corrected chi connectivity index (χ0v) is 24.4. The fourth-order valence-electron chi connectivity index (χ4n) is 7.05. The van der Waals surface area contributed by atoms with Crippen molar-refractivity contribution in [2.45, 2.75) is 76.2 Å². The van der Waals surface area contributed by atoms with E-state index in [1.807, 2.05) is 20.8 Å². The van der Waals surface area contributed by atoms with Gasteiger partial charge in [-0.2, -0.15) is 0 Å². The van der Waals surface area contributed by atoms with Crippen molar-refractivity contribution in [3.05, 3.63) is 54.6 Å². The molecule has 1 aromatic rings. The quantitative estimate of drug-likeness (QED) is 0.212. The van der Waals surface area contributed by atoms with E-state index >= 15 is 0 Å². The molecule has 3 saturated heterocycles. The number of nitrogens with zero attached hydrogens (tertiary/aromatic N) is 2. The second-order valence-corrected chi connectivity index (χ2v) is 11.6. The fraction of sp³-hybridized carbons (Fsp3) is 0.581. The molecule has 1 spiro atoms. The van der Waals surface area contributed by atoms with Crippen LogP contribution in [0, 0.1) is 17.8 Å². The Bertz CT molecular complexity index is 1160. The summed E-state index contributed by atoms with van der Waals surface area (Å²) in [5.41, 5.74) is -1.66. The largest absolute Gasteiger partial charge is 0.465 e. The van der Waals surface area contributed by atoms with Gasteiger partial charge in [0.15, 0.2) is 0 Å². The van der Waals surface area contributed by atoms with Crippen molar-refractivity contribution in [2.24, 2.45) is 17.8 Å². The van der Waals surface area contributed by atoms with Crippen molar-refractivity contribution < 1.29 is 29.0 Å². The number of fused-ring (bicyclic) bond motifs is 1. The van der Waals surface area contributed by atoms with Crippen LogP contribution in [0.15, 0.2) is 49.6 Å². The van der Waals surface area contributed by atoms with Crippen molar-refractivity contribution in [3.63, 3.8) is 0 Å². The number of anilines is 1. The lowest BCUT2D eigenvalue weighted by Gasteiger charge is -2.41. The number of hydrogen-bond donors (Lipinski definition) is 1. The maximum atomic E-state index is 14.7. The third-order valence-electron chi connectivity index (χ3n) is 9.24. The zero-order chi connectivity index (χ0) is 29.2. The predicted molar refractivity (Wildman–Crippen MR) is 154 cm³/mol. The number of rotatable bonds is 13. The SMILES string of the molecule is C=CCCOC(=O)[C@@H]1[C@H]2C(=O)N([C@@H](CO)[C@@H](C)CC)C(C(=O)N(CC=C)c3ccccc3Cl)C23CC[C@@]1(CC)O3. The highest BCUT2D eigenvalue weighted by Crippen LogP contribution is 2.65. The maximum absolute atomic E-state index is 14.7. The third-order valence-corrected chi connectivity index (χ3v) is 9.56. The summed E-state index contributed by atoms with van der Waals surface area (Å²) in [6.07, 6.45) is 5.90. The van der Waals surface area contributed by atoms with Crippen molar-refractivity contribution in [1.29, 1.82) is 0 Å². The Labute approximate surface area is 241 Å². The summed E-state index contributed by atoms with van der Waals surface area (Å²) in [5, 5.41) is 10.9. The van der Waals surface area contributed by atoms with Crippen LogP contribution in [0.2, 0.25) is 5.02 Å². The molecule has 3 fully saturated rings. The number of esters is 1. The van der Waals surface area contributed by atoms with Crippen LogP contribution in [0.4, 0.5) is 5.69 Å². The number of amides is 2. The lowest BCUT2D eigenvalue weighted by molar-refractivity contribution is -0.162. The molecule has 1 N–H and O–H groups in total. The maximum Gasteiger partial charge on any atom is 0.312 e. The third kappa shape index (κ3) is 4.68. The number of benzene rings is 1. The van der Waals surface area contributed by atoms with Crippen molar-refractivity contribution in [3.8, 4) is 0 Å². The first-order valence-corrected chi connectivity index (χ1v) is 14.6. The molecule has 0 aromatic heterocycles. The van der Waals surface area contributed by atoms with Crippen LogP contribution >= 0.6 is 11.6 Å². The van der Waals surface area contributed by atoms with Crippen LogP contribution in [-0.4, -0.2) is 70.8 Å². The smallest absolute Gasteiger partial charge is 0.312 e. The first-order chi connectivity index (χ1) is 19.2. The summed E-state index contributed by atoms with van der Waals surface area (Å²) >= 11 is 6.54. The molecule has 2 bridgehead atoms. The summed E-state index contributed by atoms with van der Waals surface area (Å²) in [4.78, 5) is 45.8. The van der Waals surface area contributed by atoms with Crippen LogP contribution in [-0.2, 0) is 23.9 Å². The van der Waals surface area contributed by atoms with E-state index in [4.69, 9.17) is 21.1 Å². The highest BCUT2D eigenvalue weighted by Gasteiger charge is 2.79. The molecule has 40 heavy (non-hydrogen) atoms. The van der Waals surface area contributed by atoms with Gasteiger partial charge in [-0.1, -0.05) is 63.1 Å². The van der Waals surface area contributed by atoms with Gasteiger partial charge >= 0.3 is 5.97 Å². The van der Waals surface area contributed by atoms with Crippen LogP contribution in [0.1, 0.15) is 52.9 Å². The molecule has 0 saturated carbocycles. The molecule has 0 aliphatic carbocycles. The summed E-state index contributed by atoms with van der Waals surface area (Å²) in [7, 11) is 0. The Morgan fingerprint density at radius 1 is 1.27 bits per heavy atom. The summed E-state index contributed by atoms with van der Waals surface area (Å²) < 4.78 is 12.4. The lowest BCUT2D eigenvalue weighted by Crippen LogP contribution is -2.60. The van der Waals surface area contributed by atoms with Crippen LogP contribution in [0.5, 0.6) is 0 Å². The van der Waals surface area contributed by atoms with E-state index in [0.29, 0.717) is 42.8 Å². The molecule has 8 nitrogen and oxygen atoms in total. The Morgan fingerprint density at radius 2 is 2.00 bits per heavy atom. The minimum Gasteiger partial charge on any atom is -0.465 e. The van der Waals surface area contributed by atoms with E-state index in [9.17, 15) is 19.5 Å². The second kappa shape index (κ2) is 12.0. The second-order valence-electron chi connectivity index (χ2n) is 11.1. The Balaban J connectivity index is 1.87. The molecule has 9 heteroatoms. The normalized spacial score (nSPS) is 30.1. The summed E-state index contributed by atoms with van der Waals surface area (Å²) in [5.74, 6) is -3.08. The van der Waals surface area contributed by atoms with Crippen LogP contribution < -0.4 is 4.90 Å². The zero-order valence-electron chi connectivity index (χ0n) is 23.7. The first kappa shape index (κ1) is 30.3. The van der Waals surface area contributed by atoms with Crippen molar-refractivity contribution in [2.75, 3.05) is 24.7 Å². The van der Waals surface area contributed by atoms with Gasteiger partial charge < -0.3 is 24.4 Å². The van der Waals surface area contributed by atoms with Gasteiger partial charge in [-0.25, -0.2) is 0 Å². The first-order valence-electron chi connectivity index (χ1n) is 14.2. The van der Waals surface area contributed by atoms with E-state index in [0.717, 1.165) is 0 Å². The molecule has 3 aliphatic rings. The molecular weight excluding hydrogens is 532 g/mol. The summed E-state index contributed by atoms with van der Waals surface area (Å²) in [6.45, 7) is 13.4. The monoisotopic (exact) mass is 572 g/mol. The van der Waals surface area contributed by atoms with Gasteiger partial charge in [0.05, 0.1) is 41.5 Å². The highest BCUT2D eigenvalue weighted by molar-refractivity contribution is 6.34. The van der Waals surface area contributed by atoms with Gasteiger partial charge in [-0.15, -0.1) is 13.2 Å². The number of carbonyl (C=O) groups is 3. The number of halogens is 1. The molecule has 0 radical (unpaired) electrons.